The van der Waals surface area contributed by atoms with Crippen molar-refractivity contribution >= 4 is 67.2 Å². The molecule has 28 heavy (non-hydrogen) atoms. The van der Waals surface area contributed by atoms with Gasteiger partial charge in [0.15, 0.2) is 10.2 Å². The fraction of sp³-hybridized carbons (Fsp3) is 0.105. The van der Waals surface area contributed by atoms with E-state index in [1.807, 2.05) is 42.6 Å². The molecule has 3 rings (SSSR count). The molecule has 1 heterocycles. The molecular formula is C19H15BrClN3O2S2. The number of carbonyl (C=O) groups excluding carboxylic acids is 1. The largest absolute Gasteiger partial charge is 0.496 e. The summed E-state index contributed by atoms with van der Waals surface area (Å²) in [5.74, 6) is 0.135. The van der Waals surface area contributed by atoms with Crippen LogP contribution in [0.15, 0.2) is 46.3 Å². The zero-order valence-electron chi connectivity index (χ0n) is 14.9. The molecule has 1 aromatic heterocycles. The molecule has 0 aliphatic heterocycles. The highest BCUT2D eigenvalue weighted by atomic mass is 79.9. The summed E-state index contributed by atoms with van der Waals surface area (Å²) in [5, 5.41) is 8.90. The third-order valence-electron chi connectivity index (χ3n) is 3.78. The Morgan fingerprint density at radius 2 is 2.00 bits per heavy atom. The van der Waals surface area contributed by atoms with E-state index >= 15 is 0 Å². The Kier molecular flexibility index (Phi) is 6.66. The van der Waals surface area contributed by atoms with E-state index in [1.54, 1.807) is 6.07 Å². The molecule has 2 aromatic carbocycles. The topological polar surface area (TPSA) is 63.2 Å². The van der Waals surface area contributed by atoms with Gasteiger partial charge in [-0.15, -0.1) is 11.3 Å². The van der Waals surface area contributed by atoms with Crippen molar-refractivity contribution in [2.45, 2.75) is 6.92 Å². The van der Waals surface area contributed by atoms with Crippen LogP contribution in [0.4, 0.5) is 5.13 Å². The Morgan fingerprint density at radius 1 is 1.29 bits per heavy atom. The number of ether oxygens (including phenoxy) is 1. The van der Waals surface area contributed by atoms with Gasteiger partial charge < -0.3 is 10.1 Å². The van der Waals surface area contributed by atoms with Crippen LogP contribution in [0, 0.1) is 6.92 Å². The van der Waals surface area contributed by atoms with Gasteiger partial charge in [0.05, 0.1) is 18.4 Å². The Morgan fingerprint density at radius 3 is 2.68 bits per heavy atom. The van der Waals surface area contributed by atoms with E-state index in [0.717, 1.165) is 21.3 Å². The number of methoxy groups -OCH3 is 1. The van der Waals surface area contributed by atoms with Crippen molar-refractivity contribution in [2.75, 3.05) is 12.4 Å². The lowest BCUT2D eigenvalue weighted by Crippen LogP contribution is -2.34. The number of halogens is 2. The minimum Gasteiger partial charge on any atom is -0.496 e. The second-order valence-electron chi connectivity index (χ2n) is 5.76. The monoisotopic (exact) mass is 495 g/mol. The third-order valence-corrected chi connectivity index (χ3v) is 5.45. The van der Waals surface area contributed by atoms with Crippen LogP contribution in [0.1, 0.15) is 15.9 Å². The van der Waals surface area contributed by atoms with Gasteiger partial charge in [-0.2, -0.15) is 0 Å². The second-order valence-corrected chi connectivity index (χ2v) is 8.37. The minimum absolute atomic E-state index is 0.154. The van der Waals surface area contributed by atoms with Gasteiger partial charge >= 0.3 is 0 Å². The number of amides is 1. The zero-order valence-corrected chi connectivity index (χ0v) is 18.9. The third kappa shape index (κ3) is 4.88. The van der Waals surface area contributed by atoms with Crippen LogP contribution in [-0.2, 0) is 0 Å². The SMILES string of the molecule is COc1c(C)cc(Br)cc1C(=O)NC(=S)Nc1nc(-c2ccc(Cl)cc2)cs1. The number of nitrogens with one attached hydrogen (secondary N) is 2. The molecule has 0 saturated heterocycles. The number of anilines is 1. The summed E-state index contributed by atoms with van der Waals surface area (Å²) in [4.78, 5) is 17.1. The average Bonchev–Trinajstić information content (AvgIpc) is 3.09. The number of aryl methyl sites for hydroxylation is 1. The predicted molar refractivity (Wildman–Crippen MR) is 122 cm³/mol. The number of rotatable bonds is 4. The van der Waals surface area contributed by atoms with Crippen molar-refractivity contribution in [1.82, 2.24) is 10.3 Å². The minimum atomic E-state index is -0.367. The summed E-state index contributed by atoms with van der Waals surface area (Å²) in [6, 6.07) is 11.0. The molecular weight excluding hydrogens is 482 g/mol. The smallest absolute Gasteiger partial charge is 0.261 e. The molecule has 1 amide bonds. The first-order valence-electron chi connectivity index (χ1n) is 8.05. The highest BCUT2D eigenvalue weighted by Crippen LogP contribution is 2.28. The summed E-state index contributed by atoms with van der Waals surface area (Å²) < 4.78 is 6.13. The van der Waals surface area contributed by atoms with Crippen molar-refractivity contribution in [3.63, 3.8) is 0 Å². The van der Waals surface area contributed by atoms with E-state index in [-0.39, 0.29) is 11.0 Å². The molecule has 144 valence electrons. The van der Waals surface area contributed by atoms with E-state index in [1.165, 1.54) is 18.4 Å². The summed E-state index contributed by atoms with van der Waals surface area (Å²) in [7, 11) is 1.53. The van der Waals surface area contributed by atoms with E-state index in [0.29, 0.717) is 21.5 Å². The standard InChI is InChI=1S/C19H15BrClN3O2S2/c1-10-7-12(20)8-14(16(10)26-2)17(25)23-18(27)24-19-22-15(9-28-19)11-3-5-13(21)6-4-11/h3-9H,1-2H3,(H2,22,23,24,25,27). The summed E-state index contributed by atoms with van der Waals surface area (Å²) in [6.45, 7) is 1.87. The normalized spacial score (nSPS) is 10.4. The summed E-state index contributed by atoms with van der Waals surface area (Å²) in [6.07, 6.45) is 0. The van der Waals surface area contributed by atoms with Crippen molar-refractivity contribution in [3.8, 4) is 17.0 Å². The van der Waals surface area contributed by atoms with E-state index < -0.39 is 0 Å². The highest BCUT2D eigenvalue weighted by molar-refractivity contribution is 9.10. The van der Waals surface area contributed by atoms with Gasteiger partial charge in [-0.1, -0.05) is 39.7 Å². The number of benzene rings is 2. The molecule has 0 bridgehead atoms. The number of nitrogens with zero attached hydrogens (tertiary/aromatic N) is 1. The number of aromatic nitrogens is 1. The fourth-order valence-electron chi connectivity index (χ4n) is 2.55. The maximum atomic E-state index is 12.6. The predicted octanol–water partition coefficient (Wildman–Crippen LogP) is 5.67. The lowest BCUT2D eigenvalue weighted by molar-refractivity contribution is 0.0974. The fourth-order valence-corrected chi connectivity index (χ4v) is 4.23. The first kappa shape index (κ1) is 20.7. The van der Waals surface area contributed by atoms with Crippen molar-refractivity contribution in [1.29, 1.82) is 0 Å². The Bertz CT molecular complexity index is 1040. The molecule has 0 saturated carbocycles. The quantitative estimate of drug-likeness (QED) is 0.456. The van der Waals surface area contributed by atoms with Gasteiger partial charge in [0.2, 0.25) is 0 Å². The zero-order chi connectivity index (χ0) is 20.3. The molecule has 0 aliphatic rings. The number of carbonyl (C=O) groups is 1. The average molecular weight is 497 g/mol. The lowest BCUT2D eigenvalue weighted by atomic mass is 10.1. The van der Waals surface area contributed by atoms with Crippen LogP contribution in [0.25, 0.3) is 11.3 Å². The molecule has 0 unspecified atom stereocenters. The summed E-state index contributed by atoms with van der Waals surface area (Å²) >= 11 is 15.9. The Balaban J connectivity index is 1.70. The lowest BCUT2D eigenvalue weighted by Gasteiger charge is -2.13. The molecule has 2 N–H and O–H groups in total. The van der Waals surface area contributed by atoms with Gasteiger partial charge in [-0.25, -0.2) is 4.98 Å². The van der Waals surface area contributed by atoms with Crippen LogP contribution in [0.2, 0.25) is 5.02 Å². The van der Waals surface area contributed by atoms with Crippen molar-refractivity contribution in [2.24, 2.45) is 0 Å². The highest BCUT2D eigenvalue weighted by Gasteiger charge is 2.17. The Labute approximate surface area is 185 Å². The molecule has 0 fully saturated rings. The van der Waals surface area contributed by atoms with E-state index in [4.69, 9.17) is 28.6 Å². The van der Waals surface area contributed by atoms with Crippen LogP contribution in [0.5, 0.6) is 5.75 Å². The van der Waals surface area contributed by atoms with Gasteiger partial charge in [0.25, 0.3) is 5.91 Å². The molecule has 9 heteroatoms. The molecule has 3 aromatic rings. The van der Waals surface area contributed by atoms with Crippen LogP contribution in [-0.4, -0.2) is 23.1 Å². The second kappa shape index (κ2) is 9.00. The van der Waals surface area contributed by atoms with E-state index in [9.17, 15) is 4.79 Å². The maximum Gasteiger partial charge on any atom is 0.261 e. The van der Waals surface area contributed by atoms with Gasteiger partial charge in [-0.05, 0) is 49.0 Å². The number of hydrogen-bond donors (Lipinski definition) is 2. The Hall–Kier alpha value is -2.00. The van der Waals surface area contributed by atoms with Crippen LogP contribution < -0.4 is 15.4 Å². The van der Waals surface area contributed by atoms with Gasteiger partial charge in [-0.3, -0.25) is 10.1 Å². The number of hydrogen-bond acceptors (Lipinski definition) is 5. The number of thiocarbonyl (C=S) groups is 1. The van der Waals surface area contributed by atoms with Crippen LogP contribution in [0.3, 0.4) is 0 Å². The molecule has 5 nitrogen and oxygen atoms in total. The molecule has 0 spiro atoms. The molecule has 0 aliphatic carbocycles. The van der Waals surface area contributed by atoms with Gasteiger partial charge in [0, 0.05) is 20.4 Å². The van der Waals surface area contributed by atoms with Crippen molar-refractivity contribution < 1.29 is 9.53 Å². The first-order valence-corrected chi connectivity index (χ1v) is 10.5. The van der Waals surface area contributed by atoms with Crippen LogP contribution >= 0.6 is 51.1 Å². The number of thiazole rings is 1. The van der Waals surface area contributed by atoms with E-state index in [2.05, 4.69) is 31.5 Å². The van der Waals surface area contributed by atoms with Crippen molar-refractivity contribution in [3.05, 3.63) is 62.4 Å². The molecule has 0 radical (unpaired) electrons. The summed E-state index contributed by atoms with van der Waals surface area (Å²) in [5.41, 5.74) is 2.97. The molecule has 0 atom stereocenters. The van der Waals surface area contributed by atoms with Gasteiger partial charge in [0.1, 0.15) is 5.75 Å². The first-order chi connectivity index (χ1) is 13.4. The maximum absolute atomic E-state index is 12.6.